The van der Waals surface area contributed by atoms with Crippen molar-refractivity contribution >= 4 is 15.7 Å². The summed E-state index contributed by atoms with van der Waals surface area (Å²) in [5.41, 5.74) is 1.89. The Bertz CT molecular complexity index is 930. The topological polar surface area (TPSA) is 95.5 Å². The van der Waals surface area contributed by atoms with Crippen molar-refractivity contribution in [3.63, 3.8) is 0 Å². The normalized spacial score (nSPS) is 11.8. The van der Waals surface area contributed by atoms with Gasteiger partial charge in [-0.05, 0) is 38.1 Å². The Balaban J connectivity index is 2.44. The summed E-state index contributed by atoms with van der Waals surface area (Å²) in [5, 5.41) is 4.11. The molecule has 2 aromatic carbocycles. The minimum atomic E-state index is -3.83. The molecule has 8 nitrogen and oxygen atoms in total. The van der Waals surface area contributed by atoms with E-state index in [9.17, 15) is 8.42 Å². The highest BCUT2D eigenvalue weighted by Gasteiger charge is 2.18. The first-order chi connectivity index (χ1) is 13.9. The van der Waals surface area contributed by atoms with E-state index in [-0.39, 0.29) is 11.5 Å². The van der Waals surface area contributed by atoms with Crippen LogP contribution in [0.3, 0.4) is 0 Å². The van der Waals surface area contributed by atoms with E-state index in [0.717, 1.165) is 5.56 Å². The first kappa shape index (κ1) is 22.5. The van der Waals surface area contributed by atoms with E-state index >= 15 is 0 Å². The summed E-state index contributed by atoms with van der Waals surface area (Å²) in [6, 6.07) is 9.85. The van der Waals surface area contributed by atoms with E-state index < -0.39 is 10.0 Å². The summed E-state index contributed by atoms with van der Waals surface area (Å²) in [6.45, 7) is 4.25. The molecule has 0 heterocycles. The van der Waals surface area contributed by atoms with Crippen LogP contribution in [0.2, 0.25) is 0 Å². The molecule has 158 valence electrons. The van der Waals surface area contributed by atoms with Gasteiger partial charge < -0.3 is 18.9 Å². The Labute approximate surface area is 171 Å². The first-order valence-electron chi connectivity index (χ1n) is 8.89. The third kappa shape index (κ3) is 5.61. The van der Waals surface area contributed by atoms with Crippen LogP contribution in [-0.2, 0) is 14.8 Å². The zero-order chi connectivity index (χ0) is 21.4. The Morgan fingerprint density at radius 2 is 1.59 bits per heavy atom. The van der Waals surface area contributed by atoms with Gasteiger partial charge in [0.25, 0.3) is 10.0 Å². The van der Waals surface area contributed by atoms with E-state index in [0.29, 0.717) is 35.1 Å². The summed E-state index contributed by atoms with van der Waals surface area (Å²) in [5.74, 6) is 1.27. The summed E-state index contributed by atoms with van der Waals surface area (Å²) in [7, 11) is 0.676. The molecule has 9 heteroatoms. The van der Waals surface area contributed by atoms with Crippen LogP contribution in [-0.4, -0.2) is 48.7 Å². The molecule has 0 aliphatic heterocycles. The molecule has 0 saturated heterocycles. The second kappa shape index (κ2) is 10.1. The van der Waals surface area contributed by atoms with Crippen molar-refractivity contribution < 1.29 is 27.4 Å². The van der Waals surface area contributed by atoms with Crippen LogP contribution in [0, 0.1) is 6.92 Å². The van der Waals surface area contributed by atoms with Crippen molar-refractivity contribution in [2.24, 2.45) is 5.10 Å². The SMILES string of the molecule is CCOC/C(=N\NS(=O)(=O)c1ccc(C)cc1)c1cc(OC)c(OC)c(OC)c1. The second-order valence-electron chi connectivity index (χ2n) is 6.02. The molecule has 0 fully saturated rings. The lowest BCUT2D eigenvalue weighted by molar-refractivity contribution is 0.187. The number of benzene rings is 2. The van der Waals surface area contributed by atoms with Crippen molar-refractivity contribution in [1.82, 2.24) is 4.83 Å². The Morgan fingerprint density at radius 3 is 2.07 bits per heavy atom. The predicted molar refractivity (Wildman–Crippen MR) is 111 cm³/mol. The van der Waals surface area contributed by atoms with Gasteiger partial charge in [-0.1, -0.05) is 17.7 Å². The van der Waals surface area contributed by atoms with Crippen molar-refractivity contribution in [2.45, 2.75) is 18.7 Å². The molecule has 0 saturated carbocycles. The minimum Gasteiger partial charge on any atom is -0.493 e. The molecule has 0 amide bonds. The van der Waals surface area contributed by atoms with Crippen LogP contribution in [0.4, 0.5) is 0 Å². The highest BCUT2D eigenvalue weighted by molar-refractivity contribution is 7.89. The van der Waals surface area contributed by atoms with Crippen LogP contribution in [0.1, 0.15) is 18.1 Å². The smallest absolute Gasteiger partial charge is 0.276 e. The van der Waals surface area contributed by atoms with Crippen molar-refractivity contribution in [2.75, 3.05) is 34.5 Å². The van der Waals surface area contributed by atoms with Gasteiger partial charge in [0.05, 0.1) is 38.5 Å². The monoisotopic (exact) mass is 422 g/mol. The van der Waals surface area contributed by atoms with Gasteiger partial charge in [0.1, 0.15) is 0 Å². The van der Waals surface area contributed by atoms with Gasteiger partial charge in [-0.25, -0.2) is 0 Å². The Morgan fingerprint density at radius 1 is 1.00 bits per heavy atom. The summed E-state index contributed by atoms with van der Waals surface area (Å²) in [6.07, 6.45) is 0. The maximum atomic E-state index is 12.6. The number of sulfonamides is 1. The molecule has 0 aliphatic carbocycles. The molecule has 0 atom stereocenters. The number of hydrogen-bond donors (Lipinski definition) is 1. The predicted octanol–water partition coefficient (Wildman–Crippen LogP) is 2.74. The Kier molecular flexibility index (Phi) is 7.86. The Hall–Kier alpha value is -2.78. The fraction of sp³-hybridized carbons (Fsp3) is 0.350. The van der Waals surface area contributed by atoms with Crippen molar-refractivity contribution in [3.05, 3.63) is 47.5 Å². The third-order valence-corrected chi connectivity index (χ3v) is 5.30. The van der Waals surface area contributed by atoms with Crippen molar-refractivity contribution in [1.29, 1.82) is 0 Å². The van der Waals surface area contributed by atoms with Crippen molar-refractivity contribution in [3.8, 4) is 17.2 Å². The third-order valence-electron chi connectivity index (χ3n) is 4.07. The maximum absolute atomic E-state index is 12.6. The van der Waals surface area contributed by atoms with Gasteiger partial charge in [0, 0.05) is 12.2 Å². The van der Waals surface area contributed by atoms with Gasteiger partial charge in [-0.15, -0.1) is 0 Å². The van der Waals surface area contributed by atoms with Gasteiger partial charge >= 0.3 is 0 Å². The fourth-order valence-electron chi connectivity index (χ4n) is 2.51. The summed E-state index contributed by atoms with van der Waals surface area (Å²) >= 11 is 0. The summed E-state index contributed by atoms with van der Waals surface area (Å²) in [4.78, 5) is 2.39. The average Bonchev–Trinajstić information content (AvgIpc) is 2.73. The highest BCUT2D eigenvalue weighted by atomic mass is 32.2. The van der Waals surface area contributed by atoms with Crippen LogP contribution >= 0.6 is 0 Å². The maximum Gasteiger partial charge on any atom is 0.276 e. The standard InChI is InChI=1S/C20H26N2O6S/c1-6-28-13-17(15-11-18(25-3)20(27-5)19(12-15)26-4)21-22-29(23,24)16-9-7-14(2)8-10-16/h7-12,22H,6,13H2,1-5H3/b21-17+. The average molecular weight is 423 g/mol. The van der Waals surface area contributed by atoms with Gasteiger partial charge in [-0.2, -0.15) is 18.4 Å². The molecule has 0 bridgehead atoms. The number of nitrogens with zero attached hydrogens (tertiary/aromatic N) is 1. The van der Waals surface area contributed by atoms with Crippen LogP contribution in [0.25, 0.3) is 0 Å². The number of hydrogen-bond acceptors (Lipinski definition) is 7. The molecule has 0 aromatic heterocycles. The van der Waals surface area contributed by atoms with Gasteiger partial charge in [-0.3, -0.25) is 0 Å². The van der Waals surface area contributed by atoms with Crippen LogP contribution < -0.4 is 19.0 Å². The number of hydrazone groups is 1. The molecule has 0 aliphatic rings. The molecule has 1 N–H and O–H groups in total. The highest BCUT2D eigenvalue weighted by Crippen LogP contribution is 2.38. The molecular weight excluding hydrogens is 396 g/mol. The molecular formula is C20H26N2O6S. The molecule has 29 heavy (non-hydrogen) atoms. The second-order valence-corrected chi connectivity index (χ2v) is 7.68. The van der Waals surface area contributed by atoms with E-state index in [2.05, 4.69) is 9.93 Å². The molecule has 0 radical (unpaired) electrons. The van der Waals surface area contributed by atoms with E-state index in [1.165, 1.54) is 33.5 Å². The minimum absolute atomic E-state index is 0.0888. The quantitative estimate of drug-likeness (QED) is 0.467. The number of methoxy groups -OCH3 is 3. The lowest BCUT2D eigenvalue weighted by Gasteiger charge is -2.15. The van der Waals surface area contributed by atoms with E-state index in [1.54, 1.807) is 24.3 Å². The number of aryl methyl sites for hydroxylation is 1. The molecule has 2 rings (SSSR count). The van der Waals surface area contributed by atoms with Gasteiger partial charge in [0.15, 0.2) is 11.5 Å². The number of nitrogens with one attached hydrogen (secondary N) is 1. The zero-order valence-corrected chi connectivity index (χ0v) is 18.0. The van der Waals surface area contributed by atoms with E-state index in [1.807, 2.05) is 13.8 Å². The van der Waals surface area contributed by atoms with Crippen LogP contribution in [0.15, 0.2) is 46.4 Å². The largest absolute Gasteiger partial charge is 0.493 e. The fourth-order valence-corrected chi connectivity index (χ4v) is 3.34. The van der Waals surface area contributed by atoms with Gasteiger partial charge in [0.2, 0.25) is 5.75 Å². The molecule has 2 aromatic rings. The lowest BCUT2D eigenvalue weighted by Crippen LogP contribution is -2.23. The van der Waals surface area contributed by atoms with Crippen LogP contribution in [0.5, 0.6) is 17.2 Å². The molecule has 0 spiro atoms. The zero-order valence-electron chi connectivity index (χ0n) is 17.2. The number of rotatable bonds is 10. The number of ether oxygens (including phenoxy) is 4. The summed E-state index contributed by atoms with van der Waals surface area (Å²) < 4.78 is 46.6. The first-order valence-corrected chi connectivity index (χ1v) is 10.4. The molecule has 0 unspecified atom stereocenters. The van der Waals surface area contributed by atoms with E-state index in [4.69, 9.17) is 18.9 Å². The lowest BCUT2D eigenvalue weighted by atomic mass is 10.1.